The maximum absolute atomic E-state index is 14.4. The fourth-order valence-corrected chi connectivity index (χ4v) is 9.21. The number of fused-ring (bicyclic) bond motifs is 1. The molecule has 1 aliphatic heterocycles. The highest BCUT2D eigenvalue weighted by molar-refractivity contribution is 7.92. The standard InChI is InChI=1S/C34H55N5O7S/c1-30(2,3)24(36-29(44)38-33(14-10-9-11-15-33)19-47(45,46)31(4,5)6)28(43)39-18-21-22(32(21,7)8)23(39)26(41)37-34(16-17-34)25(40)27(42)35-20-12-13-20/h20-24H,9-19H2,1-8H3,(H,35,42)(H,37,41)(H2,36,38,44)/t21-,22-,23-,24+/m0/s1. The van der Waals surface area contributed by atoms with Crippen LogP contribution in [0.5, 0.6) is 0 Å². The van der Waals surface area contributed by atoms with E-state index < -0.39 is 72.7 Å². The molecule has 4 N–H and O–H groups in total. The largest absolute Gasteiger partial charge is 0.347 e. The molecule has 13 heteroatoms. The highest BCUT2D eigenvalue weighted by Crippen LogP contribution is 2.65. The zero-order valence-electron chi connectivity index (χ0n) is 29.4. The van der Waals surface area contributed by atoms with E-state index in [4.69, 9.17) is 0 Å². The predicted octanol–water partition coefficient (Wildman–Crippen LogP) is 2.60. The van der Waals surface area contributed by atoms with Crippen LogP contribution in [0.2, 0.25) is 0 Å². The van der Waals surface area contributed by atoms with E-state index in [0.29, 0.717) is 32.2 Å². The van der Waals surface area contributed by atoms with Gasteiger partial charge >= 0.3 is 6.03 Å². The minimum atomic E-state index is -3.55. The number of hydrogen-bond donors (Lipinski definition) is 4. The summed E-state index contributed by atoms with van der Waals surface area (Å²) in [5.74, 6) is -2.41. The Bertz CT molecular complexity index is 1430. The van der Waals surface area contributed by atoms with E-state index in [1.165, 1.54) is 4.90 Å². The molecule has 0 spiro atoms. The molecule has 5 fully saturated rings. The summed E-state index contributed by atoms with van der Waals surface area (Å²) in [7, 11) is -3.55. The van der Waals surface area contributed by atoms with E-state index in [1.807, 2.05) is 20.8 Å². The molecular formula is C34H55N5O7S. The van der Waals surface area contributed by atoms with Crippen molar-refractivity contribution in [3.05, 3.63) is 0 Å². The highest BCUT2D eigenvalue weighted by atomic mass is 32.2. The molecule has 264 valence electrons. The van der Waals surface area contributed by atoms with Crippen LogP contribution in [0.15, 0.2) is 0 Å². The lowest BCUT2D eigenvalue weighted by Crippen LogP contribution is -2.64. The number of sulfone groups is 1. The van der Waals surface area contributed by atoms with Crippen molar-refractivity contribution < 1.29 is 32.4 Å². The van der Waals surface area contributed by atoms with Crippen molar-refractivity contribution in [2.45, 2.75) is 147 Å². The number of Topliss-reactive ketones (excluding diaryl/α,β-unsaturated/α-hetero) is 1. The Labute approximate surface area is 279 Å². The van der Waals surface area contributed by atoms with Crippen molar-refractivity contribution in [1.82, 2.24) is 26.2 Å². The number of likely N-dealkylation sites (tertiary alicyclic amines) is 1. The fourth-order valence-electron chi connectivity index (χ4n) is 7.69. The van der Waals surface area contributed by atoms with Gasteiger partial charge in [0.1, 0.15) is 17.6 Å². The molecule has 0 bridgehead atoms. The average Bonchev–Trinajstić information content (AvgIpc) is 3.90. The van der Waals surface area contributed by atoms with Gasteiger partial charge in [-0.15, -0.1) is 0 Å². The number of nitrogens with one attached hydrogen (secondary N) is 4. The van der Waals surface area contributed by atoms with Gasteiger partial charge in [-0.2, -0.15) is 0 Å². The molecule has 1 saturated heterocycles. The minimum absolute atomic E-state index is 0.0174. The van der Waals surface area contributed by atoms with Crippen LogP contribution in [0.4, 0.5) is 4.79 Å². The molecule has 0 radical (unpaired) electrons. The van der Waals surface area contributed by atoms with Crippen molar-refractivity contribution in [1.29, 1.82) is 0 Å². The van der Waals surface area contributed by atoms with Crippen molar-refractivity contribution in [3.8, 4) is 0 Å². The van der Waals surface area contributed by atoms with Crippen LogP contribution in [0.1, 0.15) is 113 Å². The Hall–Kier alpha value is -2.70. The first-order valence-corrected chi connectivity index (χ1v) is 19.0. The van der Waals surface area contributed by atoms with Gasteiger partial charge in [-0.3, -0.25) is 19.2 Å². The molecule has 5 rings (SSSR count). The smallest absolute Gasteiger partial charge is 0.315 e. The number of urea groups is 1. The lowest BCUT2D eigenvalue weighted by Gasteiger charge is -2.41. The average molecular weight is 678 g/mol. The summed E-state index contributed by atoms with van der Waals surface area (Å²) in [6, 6.07) is -2.46. The molecule has 0 aromatic rings. The van der Waals surface area contributed by atoms with Crippen LogP contribution in [-0.2, 0) is 29.0 Å². The van der Waals surface area contributed by atoms with Gasteiger partial charge in [0, 0.05) is 12.6 Å². The topological polar surface area (TPSA) is 171 Å². The van der Waals surface area contributed by atoms with Crippen LogP contribution >= 0.6 is 0 Å². The normalized spacial score (nSPS) is 27.9. The van der Waals surface area contributed by atoms with Crippen molar-refractivity contribution in [2.24, 2.45) is 22.7 Å². The second-order valence-corrected chi connectivity index (χ2v) is 20.4. The summed E-state index contributed by atoms with van der Waals surface area (Å²) in [5, 5.41) is 11.5. The summed E-state index contributed by atoms with van der Waals surface area (Å²) in [5.41, 5.74) is -3.12. The van der Waals surface area contributed by atoms with Gasteiger partial charge < -0.3 is 26.2 Å². The number of hydrogen-bond acceptors (Lipinski definition) is 7. The molecule has 4 saturated carbocycles. The number of ketones is 1. The predicted molar refractivity (Wildman–Crippen MR) is 177 cm³/mol. The van der Waals surface area contributed by atoms with Crippen LogP contribution in [-0.4, -0.2) is 89.1 Å². The van der Waals surface area contributed by atoms with E-state index in [2.05, 4.69) is 35.1 Å². The molecule has 5 aliphatic rings. The second-order valence-electron chi connectivity index (χ2n) is 17.6. The van der Waals surface area contributed by atoms with E-state index >= 15 is 0 Å². The third-order valence-electron chi connectivity index (χ3n) is 11.4. The first kappa shape index (κ1) is 35.6. The Morgan fingerprint density at radius 1 is 0.872 bits per heavy atom. The summed E-state index contributed by atoms with van der Waals surface area (Å²) in [6.45, 7) is 14.9. The monoisotopic (exact) mass is 677 g/mol. The van der Waals surface area contributed by atoms with Crippen LogP contribution in [0.3, 0.4) is 0 Å². The van der Waals surface area contributed by atoms with Crippen molar-refractivity contribution >= 4 is 39.4 Å². The molecule has 5 amide bonds. The quantitative estimate of drug-likeness (QED) is 0.258. The number of amides is 5. The Morgan fingerprint density at radius 2 is 1.47 bits per heavy atom. The SMILES string of the molecule is CC(C)(C)[C@H](NC(=O)NC1(CS(=O)(=O)C(C)(C)C)CCCCC1)C(=O)N1C[C@H]2[C@@H]([C@H]1C(=O)NC1(C(=O)C(=O)NC3CC3)CC1)C2(C)C. The van der Waals surface area contributed by atoms with Crippen molar-refractivity contribution in [2.75, 3.05) is 12.3 Å². The van der Waals surface area contributed by atoms with E-state index in [-0.39, 0.29) is 29.0 Å². The maximum Gasteiger partial charge on any atom is 0.315 e. The number of nitrogens with zero attached hydrogens (tertiary/aromatic N) is 1. The molecule has 4 atom stereocenters. The highest BCUT2D eigenvalue weighted by Gasteiger charge is 2.70. The van der Waals surface area contributed by atoms with Crippen LogP contribution < -0.4 is 21.3 Å². The number of carbonyl (C=O) groups is 5. The van der Waals surface area contributed by atoms with Gasteiger partial charge in [-0.1, -0.05) is 53.9 Å². The molecule has 0 unspecified atom stereocenters. The summed E-state index contributed by atoms with van der Waals surface area (Å²) in [6.07, 6.45) is 6.00. The van der Waals surface area contributed by atoms with Gasteiger partial charge in [0.2, 0.25) is 17.6 Å². The Balaban J connectivity index is 1.33. The van der Waals surface area contributed by atoms with E-state index in [1.54, 1.807) is 20.8 Å². The fraction of sp³-hybridized carbons (Fsp3) is 0.853. The first-order valence-electron chi connectivity index (χ1n) is 17.3. The number of carbonyl (C=O) groups excluding carboxylic acids is 5. The summed E-state index contributed by atoms with van der Waals surface area (Å²) in [4.78, 5) is 69.2. The van der Waals surface area contributed by atoms with Gasteiger partial charge in [0.25, 0.3) is 5.91 Å². The lowest BCUT2D eigenvalue weighted by molar-refractivity contribution is -0.145. The molecular weight excluding hydrogens is 622 g/mol. The second kappa shape index (κ2) is 11.7. The van der Waals surface area contributed by atoms with Crippen LogP contribution in [0.25, 0.3) is 0 Å². The Kier molecular flexibility index (Phi) is 8.88. The Morgan fingerprint density at radius 3 is 1.98 bits per heavy atom. The number of piperidine rings is 1. The maximum atomic E-state index is 14.4. The first-order chi connectivity index (χ1) is 21.5. The third kappa shape index (κ3) is 7.06. The lowest BCUT2D eigenvalue weighted by atomic mass is 9.83. The van der Waals surface area contributed by atoms with Gasteiger partial charge in [-0.25, -0.2) is 13.2 Å². The minimum Gasteiger partial charge on any atom is -0.347 e. The zero-order chi connectivity index (χ0) is 35.0. The molecule has 12 nitrogen and oxygen atoms in total. The van der Waals surface area contributed by atoms with Crippen molar-refractivity contribution in [3.63, 3.8) is 0 Å². The molecule has 1 heterocycles. The summed E-state index contributed by atoms with van der Waals surface area (Å²) >= 11 is 0. The van der Waals surface area contributed by atoms with E-state index in [0.717, 1.165) is 32.1 Å². The van der Waals surface area contributed by atoms with Crippen LogP contribution in [0, 0.1) is 22.7 Å². The number of rotatable bonds is 10. The zero-order valence-corrected chi connectivity index (χ0v) is 30.2. The summed E-state index contributed by atoms with van der Waals surface area (Å²) < 4.78 is 25.6. The van der Waals surface area contributed by atoms with Gasteiger partial charge in [0.05, 0.1) is 16.0 Å². The van der Waals surface area contributed by atoms with Gasteiger partial charge in [0.15, 0.2) is 9.84 Å². The molecule has 0 aromatic heterocycles. The molecule has 4 aliphatic carbocycles. The third-order valence-corrected chi connectivity index (χ3v) is 14.2. The van der Waals surface area contributed by atoms with Gasteiger partial charge in [-0.05, 0) is 82.0 Å². The van der Waals surface area contributed by atoms with E-state index in [9.17, 15) is 32.4 Å². The molecule has 47 heavy (non-hydrogen) atoms. The molecule has 0 aromatic carbocycles.